The van der Waals surface area contributed by atoms with Crippen molar-refractivity contribution in [1.82, 2.24) is 20.3 Å². The molecule has 0 aromatic carbocycles. The number of hydrogen-bond acceptors (Lipinski definition) is 6. The highest BCUT2D eigenvalue weighted by molar-refractivity contribution is 6.32. The van der Waals surface area contributed by atoms with Crippen LogP contribution in [0.3, 0.4) is 0 Å². The van der Waals surface area contributed by atoms with E-state index in [9.17, 15) is 27.2 Å². The van der Waals surface area contributed by atoms with E-state index in [4.69, 9.17) is 11.6 Å². The van der Waals surface area contributed by atoms with Crippen molar-refractivity contribution in [1.29, 1.82) is 0 Å². The summed E-state index contributed by atoms with van der Waals surface area (Å²) in [6.07, 6.45) is -1.04. The average Bonchev–Trinajstić information content (AvgIpc) is 2.73. The Bertz CT molecular complexity index is 987. The van der Waals surface area contributed by atoms with Crippen LogP contribution in [0.25, 0.3) is 0 Å². The first-order valence-corrected chi connectivity index (χ1v) is 10.2. The Morgan fingerprint density at radius 1 is 1.21 bits per heavy atom. The molecule has 0 spiro atoms. The molecule has 178 valence electrons. The predicted octanol–water partition coefficient (Wildman–Crippen LogP) is 3.15. The number of hydrogen-bond donors (Lipinski definition) is 1. The van der Waals surface area contributed by atoms with Crippen molar-refractivity contribution in [3.63, 3.8) is 0 Å². The monoisotopic (exact) mass is 489 g/mol. The molecule has 0 bridgehead atoms. The summed E-state index contributed by atoms with van der Waals surface area (Å²) in [7, 11) is 0. The molecule has 0 aliphatic heterocycles. The lowest BCUT2D eigenvalue weighted by molar-refractivity contribution is -0.351. The van der Waals surface area contributed by atoms with Crippen molar-refractivity contribution in [2.24, 2.45) is 0 Å². The second kappa shape index (κ2) is 9.56. The number of nitrogens with zero attached hydrogens (tertiary/aromatic N) is 4. The first-order valence-electron chi connectivity index (χ1n) is 9.77. The fraction of sp³-hybridized carbons (Fsp3) is 0.450. The highest BCUT2D eigenvalue weighted by Crippen LogP contribution is 2.36. The summed E-state index contributed by atoms with van der Waals surface area (Å²) in [5.41, 5.74) is -3.60. The fourth-order valence-electron chi connectivity index (χ4n) is 3.50. The minimum atomic E-state index is -4.78. The van der Waals surface area contributed by atoms with E-state index >= 15 is 0 Å². The summed E-state index contributed by atoms with van der Waals surface area (Å²) < 4.78 is 55.2. The van der Waals surface area contributed by atoms with E-state index in [2.05, 4.69) is 25.0 Å². The summed E-state index contributed by atoms with van der Waals surface area (Å²) in [6.45, 7) is 3.03. The van der Waals surface area contributed by atoms with Gasteiger partial charge in [-0.2, -0.15) is 0 Å². The van der Waals surface area contributed by atoms with Crippen LogP contribution in [0.4, 0.5) is 23.2 Å². The highest BCUT2D eigenvalue weighted by atomic mass is 35.5. The van der Waals surface area contributed by atoms with E-state index in [-0.39, 0.29) is 24.1 Å². The molecule has 33 heavy (non-hydrogen) atoms. The van der Waals surface area contributed by atoms with Gasteiger partial charge in [0.2, 0.25) is 0 Å². The highest BCUT2D eigenvalue weighted by Gasteiger charge is 2.49. The zero-order chi connectivity index (χ0) is 24.4. The molecule has 0 radical (unpaired) electrons. The third-order valence-corrected chi connectivity index (χ3v) is 5.49. The van der Waals surface area contributed by atoms with Crippen molar-refractivity contribution in [2.75, 3.05) is 4.90 Å². The van der Waals surface area contributed by atoms with Crippen LogP contribution >= 0.6 is 11.6 Å². The third kappa shape index (κ3) is 5.56. The SMILES string of the molecule is Cc1ccc(N(C(=O)[C@H](F)Cl)[C@](C)(C(=O)NC2CC(OC(F)(F)F)C2)c2cncnc2)cn1. The molecule has 2 aromatic rings. The first kappa shape index (κ1) is 24.8. The van der Waals surface area contributed by atoms with Gasteiger partial charge in [0.15, 0.2) is 5.54 Å². The van der Waals surface area contributed by atoms with E-state index in [0.717, 1.165) is 4.90 Å². The Morgan fingerprint density at radius 3 is 2.36 bits per heavy atom. The number of alkyl halides is 5. The summed E-state index contributed by atoms with van der Waals surface area (Å²) in [6, 6.07) is 2.37. The number of anilines is 1. The number of aromatic nitrogens is 3. The molecule has 13 heteroatoms. The molecule has 8 nitrogen and oxygen atoms in total. The molecule has 1 aliphatic rings. The van der Waals surface area contributed by atoms with Crippen molar-refractivity contribution in [3.05, 3.63) is 48.3 Å². The van der Waals surface area contributed by atoms with Crippen LogP contribution in [0.15, 0.2) is 37.1 Å². The minimum absolute atomic E-state index is 0.0716. The lowest BCUT2D eigenvalue weighted by Gasteiger charge is -2.43. The number of amides is 2. The van der Waals surface area contributed by atoms with Gasteiger partial charge in [-0.25, -0.2) is 14.4 Å². The maximum atomic E-state index is 14.0. The van der Waals surface area contributed by atoms with E-state index in [1.54, 1.807) is 13.0 Å². The van der Waals surface area contributed by atoms with Crippen LogP contribution in [0, 0.1) is 6.92 Å². The number of halogens is 5. The molecule has 1 aliphatic carbocycles. The predicted molar refractivity (Wildman–Crippen MR) is 109 cm³/mol. The molecule has 0 unspecified atom stereocenters. The zero-order valence-corrected chi connectivity index (χ0v) is 18.3. The molecule has 2 atom stereocenters. The van der Waals surface area contributed by atoms with Crippen LogP contribution in [0.2, 0.25) is 0 Å². The van der Waals surface area contributed by atoms with Gasteiger partial charge in [0.1, 0.15) is 6.33 Å². The molecule has 1 N–H and O–H groups in total. The van der Waals surface area contributed by atoms with Crippen molar-refractivity contribution < 1.29 is 31.9 Å². The maximum absolute atomic E-state index is 14.0. The topological polar surface area (TPSA) is 97.3 Å². The van der Waals surface area contributed by atoms with E-state index in [1.165, 1.54) is 37.9 Å². The Hall–Kier alpha value is -2.86. The van der Waals surface area contributed by atoms with Gasteiger partial charge >= 0.3 is 6.36 Å². The number of carbonyl (C=O) groups is 2. The summed E-state index contributed by atoms with van der Waals surface area (Å²) in [5.74, 6) is -2.03. The third-order valence-electron chi connectivity index (χ3n) is 5.30. The number of aryl methyl sites for hydroxylation is 1. The van der Waals surface area contributed by atoms with Crippen LogP contribution in [0.5, 0.6) is 0 Å². The van der Waals surface area contributed by atoms with Crippen LogP contribution < -0.4 is 10.2 Å². The lowest BCUT2D eigenvalue weighted by atomic mass is 9.85. The van der Waals surface area contributed by atoms with Gasteiger partial charge < -0.3 is 5.32 Å². The zero-order valence-electron chi connectivity index (χ0n) is 17.5. The largest absolute Gasteiger partial charge is 0.522 e. The van der Waals surface area contributed by atoms with Crippen LogP contribution in [0.1, 0.15) is 31.0 Å². The molecule has 3 rings (SSSR count). The molecule has 2 aromatic heterocycles. The average molecular weight is 490 g/mol. The number of nitrogens with one attached hydrogen (secondary N) is 1. The number of carbonyl (C=O) groups excluding carboxylic acids is 2. The van der Waals surface area contributed by atoms with Gasteiger partial charge in [0.25, 0.3) is 17.4 Å². The van der Waals surface area contributed by atoms with Gasteiger partial charge in [0.05, 0.1) is 18.0 Å². The normalized spacial score (nSPS) is 20.8. The van der Waals surface area contributed by atoms with Crippen LogP contribution in [-0.4, -0.2) is 50.9 Å². The minimum Gasteiger partial charge on any atom is -0.351 e. The molecule has 0 saturated heterocycles. The van der Waals surface area contributed by atoms with Gasteiger partial charge in [-0.1, -0.05) is 11.6 Å². The standard InChI is InChI=1S/C20H20ClF4N5O3/c1-11-3-4-14(9-28-11)30(17(31)16(21)22)19(2,12-7-26-10-27-8-12)18(32)29-13-5-15(6-13)33-20(23,24)25/h3-4,7-10,13,15-16H,5-6H2,1-2H3,(H,29,32)/t13?,15?,16-,19-/m0/s1. The Labute approximate surface area is 191 Å². The molecule has 1 fully saturated rings. The second-order valence-electron chi connectivity index (χ2n) is 7.66. The lowest BCUT2D eigenvalue weighted by Crippen LogP contribution is -2.61. The molecule has 1 saturated carbocycles. The smallest absolute Gasteiger partial charge is 0.351 e. The first-order chi connectivity index (χ1) is 15.4. The van der Waals surface area contributed by atoms with E-state index in [1.807, 2.05) is 0 Å². The van der Waals surface area contributed by atoms with Gasteiger partial charge in [-0.05, 0) is 38.8 Å². The van der Waals surface area contributed by atoms with Crippen molar-refractivity contribution in [3.8, 4) is 0 Å². The van der Waals surface area contributed by atoms with Gasteiger partial charge in [-0.15, -0.1) is 13.2 Å². The fourth-order valence-corrected chi connectivity index (χ4v) is 3.60. The number of ether oxygens (including phenoxy) is 1. The Kier molecular flexibility index (Phi) is 7.17. The second-order valence-corrected chi connectivity index (χ2v) is 8.04. The number of pyridine rings is 1. The number of rotatable bonds is 7. The molecular formula is C20H20ClF4N5O3. The summed E-state index contributed by atoms with van der Waals surface area (Å²) >= 11 is 5.46. The quantitative estimate of drug-likeness (QED) is 0.474. The van der Waals surface area contributed by atoms with E-state index < -0.39 is 41.5 Å². The molecule has 2 amide bonds. The van der Waals surface area contributed by atoms with Crippen molar-refractivity contribution >= 4 is 29.1 Å². The van der Waals surface area contributed by atoms with Crippen molar-refractivity contribution in [2.45, 2.75) is 56.4 Å². The summed E-state index contributed by atoms with van der Waals surface area (Å²) in [5, 5.41) is 2.60. The van der Waals surface area contributed by atoms with Gasteiger partial charge in [-0.3, -0.25) is 24.2 Å². The summed E-state index contributed by atoms with van der Waals surface area (Å²) in [4.78, 5) is 39.0. The van der Waals surface area contributed by atoms with Crippen LogP contribution in [-0.2, 0) is 19.9 Å². The maximum Gasteiger partial charge on any atom is 0.522 e. The molecule has 2 heterocycles. The Morgan fingerprint density at radius 2 is 1.85 bits per heavy atom. The Balaban J connectivity index is 1.96. The van der Waals surface area contributed by atoms with E-state index in [0.29, 0.717) is 5.69 Å². The molecular weight excluding hydrogens is 470 g/mol. The van der Waals surface area contributed by atoms with Gasteiger partial charge in [0, 0.05) is 29.7 Å².